The van der Waals surface area contributed by atoms with Crippen LogP contribution in [0, 0.1) is 0 Å². The third-order valence-corrected chi connectivity index (χ3v) is 4.58. The Kier molecular flexibility index (Phi) is 3.95. The number of aromatic nitrogens is 2. The Hall–Kier alpha value is -2.18. The average Bonchev–Trinajstić information content (AvgIpc) is 2.88. The van der Waals surface area contributed by atoms with Crippen molar-refractivity contribution >= 4 is 0 Å². The molecule has 2 aromatic rings. The molecule has 0 bridgehead atoms. The molecule has 1 aliphatic carbocycles. The van der Waals surface area contributed by atoms with E-state index in [2.05, 4.69) is 5.32 Å². The van der Waals surface area contributed by atoms with Crippen molar-refractivity contribution < 1.29 is 5.11 Å². The first-order valence-corrected chi connectivity index (χ1v) is 7.69. The Labute approximate surface area is 134 Å². The Morgan fingerprint density at radius 1 is 1.26 bits per heavy atom. The number of aryl methyl sites for hydroxylation is 2. The predicted molar refractivity (Wildman–Crippen MR) is 87.3 cm³/mol. The van der Waals surface area contributed by atoms with Gasteiger partial charge in [0.1, 0.15) is 5.60 Å². The van der Waals surface area contributed by atoms with Crippen LogP contribution >= 0.6 is 0 Å². The van der Waals surface area contributed by atoms with Gasteiger partial charge in [-0.3, -0.25) is 9.36 Å². The van der Waals surface area contributed by atoms with Crippen LogP contribution in [0.25, 0.3) is 0 Å². The third kappa shape index (κ3) is 2.75. The minimum absolute atomic E-state index is 0.306. The Bertz CT molecular complexity index is 853. The molecule has 1 heterocycles. The summed E-state index contributed by atoms with van der Waals surface area (Å²) in [6, 6.07) is 7.90. The normalized spacial score (nSPS) is 19.8. The molecule has 3 rings (SSSR count). The molecule has 0 amide bonds. The van der Waals surface area contributed by atoms with Crippen molar-refractivity contribution in [1.29, 1.82) is 0 Å². The second-order valence-corrected chi connectivity index (χ2v) is 6.20. The van der Waals surface area contributed by atoms with Crippen molar-refractivity contribution in [3.8, 4) is 0 Å². The summed E-state index contributed by atoms with van der Waals surface area (Å²) in [6.07, 6.45) is 3.07. The Morgan fingerprint density at radius 3 is 2.78 bits per heavy atom. The van der Waals surface area contributed by atoms with Crippen LogP contribution < -0.4 is 16.6 Å². The highest BCUT2D eigenvalue weighted by Gasteiger charge is 2.35. The molecule has 0 fully saturated rings. The molecule has 0 radical (unpaired) electrons. The van der Waals surface area contributed by atoms with Crippen molar-refractivity contribution in [2.75, 3.05) is 6.54 Å². The van der Waals surface area contributed by atoms with Gasteiger partial charge in [-0.25, -0.2) is 4.79 Å². The van der Waals surface area contributed by atoms with Gasteiger partial charge in [-0.05, 0) is 24.0 Å². The number of nitrogens with zero attached hydrogens (tertiary/aromatic N) is 2. The highest BCUT2D eigenvalue weighted by Crippen LogP contribution is 2.36. The quantitative estimate of drug-likeness (QED) is 0.833. The zero-order valence-electron chi connectivity index (χ0n) is 13.4. The topological polar surface area (TPSA) is 76.3 Å². The minimum atomic E-state index is -0.900. The molecule has 0 spiro atoms. The van der Waals surface area contributed by atoms with Gasteiger partial charge in [0.05, 0.1) is 0 Å². The van der Waals surface area contributed by atoms with Gasteiger partial charge in [-0.1, -0.05) is 24.3 Å². The molecule has 0 saturated heterocycles. The summed E-state index contributed by atoms with van der Waals surface area (Å²) < 4.78 is 2.48. The molecule has 0 saturated carbocycles. The molecule has 6 nitrogen and oxygen atoms in total. The van der Waals surface area contributed by atoms with Gasteiger partial charge in [0.2, 0.25) is 0 Å². The molecular formula is C17H21N3O3. The van der Waals surface area contributed by atoms with E-state index in [1.54, 1.807) is 13.2 Å². The number of nitrogens with one attached hydrogen (secondary N) is 1. The fourth-order valence-corrected chi connectivity index (χ4v) is 3.26. The molecule has 1 aromatic carbocycles. The van der Waals surface area contributed by atoms with Crippen LogP contribution in [-0.4, -0.2) is 20.8 Å². The lowest BCUT2D eigenvalue weighted by molar-refractivity contribution is 0.0384. The zero-order chi connectivity index (χ0) is 16.6. The second kappa shape index (κ2) is 5.79. The molecule has 1 aliphatic rings. The third-order valence-electron chi connectivity index (χ3n) is 4.58. The van der Waals surface area contributed by atoms with E-state index in [0.717, 1.165) is 16.6 Å². The molecule has 6 heteroatoms. The molecule has 2 N–H and O–H groups in total. The van der Waals surface area contributed by atoms with E-state index in [0.29, 0.717) is 25.1 Å². The smallest absolute Gasteiger partial charge is 0.330 e. The van der Waals surface area contributed by atoms with E-state index in [1.807, 2.05) is 24.3 Å². The lowest BCUT2D eigenvalue weighted by atomic mass is 9.96. The summed E-state index contributed by atoms with van der Waals surface area (Å²) in [5.41, 5.74) is 1.09. The van der Waals surface area contributed by atoms with Crippen LogP contribution in [0.1, 0.15) is 23.1 Å². The molecule has 1 unspecified atom stereocenters. The van der Waals surface area contributed by atoms with E-state index in [-0.39, 0.29) is 11.2 Å². The maximum atomic E-state index is 12.1. The fraction of sp³-hybridized carbons (Fsp3) is 0.412. The maximum Gasteiger partial charge on any atom is 0.330 e. The van der Waals surface area contributed by atoms with Gasteiger partial charge in [0, 0.05) is 38.9 Å². The van der Waals surface area contributed by atoms with Crippen molar-refractivity contribution in [2.24, 2.45) is 14.1 Å². The predicted octanol–water partition coefficient (Wildman–Crippen LogP) is 0.00760. The monoisotopic (exact) mass is 315 g/mol. The SMILES string of the molecule is Cn1cc(CNCC2(O)CCc3ccccc32)c(=O)n(C)c1=O. The van der Waals surface area contributed by atoms with Gasteiger partial charge < -0.3 is 15.0 Å². The lowest BCUT2D eigenvalue weighted by Gasteiger charge is -2.24. The summed E-state index contributed by atoms with van der Waals surface area (Å²) in [7, 11) is 3.08. The van der Waals surface area contributed by atoms with E-state index in [1.165, 1.54) is 17.2 Å². The van der Waals surface area contributed by atoms with Crippen LogP contribution in [0.5, 0.6) is 0 Å². The fourth-order valence-electron chi connectivity index (χ4n) is 3.26. The van der Waals surface area contributed by atoms with Crippen LogP contribution in [0.15, 0.2) is 40.1 Å². The van der Waals surface area contributed by atoms with Crippen molar-refractivity contribution in [3.05, 3.63) is 68.0 Å². The summed E-state index contributed by atoms with van der Waals surface area (Å²) in [5.74, 6) is 0. The number of fused-ring (bicyclic) bond motifs is 1. The summed E-state index contributed by atoms with van der Waals surface area (Å²) in [6.45, 7) is 0.682. The number of rotatable bonds is 4. The summed E-state index contributed by atoms with van der Waals surface area (Å²) in [5, 5.41) is 14.0. The first-order chi connectivity index (χ1) is 10.9. The first-order valence-electron chi connectivity index (χ1n) is 7.69. The Balaban J connectivity index is 1.74. The van der Waals surface area contributed by atoms with Crippen molar-refractivity contribution in [1.82, 2.24) is 14.5 Å². The molecule has 0 aliphatic heterocycles. The largest absolute Gasteiger partial charge is 0.384 e. The number of aliphatic hydroxyl groups is 1. The number of hydrogen-bond acceptors (Lipinski definition) is 4. The van der Waals surface area contributed by atoms with Crippen molar-refractivity contribution in [3.63, 3.8) is 0 Å². The van der Waals surface area contributed by atoms with Crippen LogP contribution in [0.2, 0.25) is 0 Å². The molecule has 1 atom stereocenters. The molecule has 122 valence electrons. The van der Waals surface area contributed by atoms with E-state index < -0.39 is 5.60 Å². The van der Waals surface area contributed by atoms with Gasteiger partial charge in [0.15, 0.2) is 0 Å². The zero-order valence-corrected chi connectivity index (χ0v) is 13.4. The molecule has 1 aromatic heterocycles. The standard InChI is InChI=1S/C17H21N3O3/c1-19-10-13(15(21)20(2)16(19)22)9-18-11-17(23)8-7-12-5-3-4-6-14(12)17/h3-6,10,18,23H,7-9,11H2,1-2H3. The van der Waals surface area contributed by atoms with Gasteiger partial charge in [-0.15, -0.1) is 0 Å². The summed E-state index contributed by atoms with van der Waals surface area (Å²) >= 11 is 0. The summed E-state index contributed by atoms with van der Waals surface area (Å²) in [4.78, 5) is 23.8. The first kappa shape index (κ1) is 15.7. The molecular weight excluding hydrogens is 294 g/mol. The van der Waals surface area contributed by atoms with Gasteiger partial charge >= 0.3 is 5.69 Å². The highest BCUT2D eigenvalue weighted by atomic mass is 16.3. The van der Waals surface area contributed by atoms with E-state index in [9.17, 15) is 14.7 Å². The van der Waals surface area contributed by atoms with Gasteiger partial charge in [0.25, 0.3) is 5.56 Å². The maximum absolute atomic E-state index is 12.1. The molecule has 23 heavy (non-hydrogen) atoms. The second-order valence-electron chi connectivity index (χ2n) is 6.20. The number of hydrogen-bond donors (Lipinski definition) is 2. The van der Waals surface area contributed by atoms with E-state index in [4.69, 9.17) is 0 Å². The van der Waals surface area contributed by atoms with Crippen LogP contribution in [0.4, 0.5) is 0 Å². The lowest BCUT2D eigenvalue weighted by Crippen LogP contribution is -2.41. The van der Waals surface area contributed by atoms with Crippen LogP contribution in [0.3, 0.4) is 0 Å². The van der Waals surface area contributed by atoms with E-state index >= 15 is 0 Å². The van der Waals surface area contributed by atoms with Crippen molar-refractivity contribution in [2.45, 2.75) is 25.0 Å². The Morgan fingerprint density at radius 2 is 2.00 bits per heavy atom. The highest BCUT2D eigenvalue weighted by molar-refractivity contribution is 5.37. The van der Waals surface area contributed by atoms with Gasteiger partial charge in [-0.2, -0.15) is 0 Å². The van der Waals surface area contributed by atoms with Crippen LogP contribution in [-0.2, 0) is 32.7 Å². The minimum Gasteiger partial charge on any atom is -0.384 e. The number of benzene rings is 1. The average molecular weight is 315 g/mol.